The lowest BCUT2D eigenvalue weighted by atomic mass is 10.1. The van der Waals surface area contributed by atoms with Crippen molar-refractivity contribution >= 4 is 27.1 Å². The Balaban J connectivity index is 2.31. The molecule has 22 heavy (non-hydrogen) atoms. The third-order valence-electron chi connectivity index (χ3n) is 2.89. The molecule has 1 aromatic carbocycles. The zero-order chi connectivity index (χ0) is 16.5. The number of amides is 1. The van der Waals surface area contributed by atoms with Gasteiger partial charge in [0.15, 0.2) is 0 Å². The third-order valence-corrected chi connectivity index (χ3v) is 6.24. The maximum absolute atomic E-state index is 12.5. The highest BCUT2D eigenvalue weighted by atomic mass is 32.2. The first-order valence-corrected chi connectivity index (χ1v) is 9.14. The summed E-state index contributed by atoms with van der Waals surface area (Å²) >= 11 is 0.988. The zero-order valence-corrected chi connectivity index (χ0v) is 14.6. The Kier molecular flexibility index (Phi) is 4.44. The number of carbonyl (C=O) groups excluding carboxylic acids is 1. The standard InChI is InChI=1S/C16H19NO3S2/c1-11-5-7-12(8-6-11)22(19,20)14-10-9-13(21-14)15(18)17-16(2,3)4/h5-10H,1-4H3,(H,17,18). The Morgan fingerprint density at radius 2 is 1.64 bits per heavy atom. The fourth-order valence-corrected chi connectivity index (χ4v) is 4.43. The molecule has 118 valence electrons. The summed E-state index contributed by atoms with van der Waals surface area (Å²) in [7, 11) is -3.57. The lowest BCUT2D eigenvalue weighted by Gasteiger charge is -2.19. The van der Waals surface area contributed by atoms with Crippen molar-refractivity contribution in [3.05, 3.63) is 46.8 Å². The van der Waals surface area contributed by atoms with Gasteiger partial charge in [-0.05, 0) is 52.0 Å². The molecule has 0 saturated heterocycles. The Morgan fingerprint density at radius 3 is 2.18 bits per heavy atom. The van der Waals surface area contributed by atoms with Gasteiger partial charge in [0.05, 0.1) is 9.77 Å². The minimum atomic E-state index is -3.57. The van der Waals surface area contributed by atoms with Gasteiger partial charge in [-0.15, -0.1) is 11.3 Å². The van der Waals surface area contributed by atoms with Crippen LogP contribution in [-0.2, 0) is 9.84 Å². The van der Waals surface area contributed by atoms with E-state index in [0.717, 1.165) is 16.9 Å². The first kappa shape index (κ1) is 16.7. The lowest BCUT2D eigenvalue weighted by molar-refractivity contribution is 0.0923. The van der Waals surface area contributed by atoms with Gasteiger partial charge in [0.1, 0.15) is 4.21 Å². The summed E-state index contributed by atoms with van der Waals surface area (Å²) in [5.74, 6) is -0.261. The second-order valence-electron chi connectivity index (χ2n) is 6.14. The molecule has 0 saturated carbocycles. The predicted molar refractivity (Wildman–Crippen MR) is 88.2 cm³/mol. The number of sulfone groups is 1. The molecule has 1 N–H and O–H groups in total. The summed E-state index contributed by atoms with van der Waals surface area (Å²) in [5, 5.41) is 2.82. The summed E-state index contributed by atoms with van der Waals surface area (Å²) in [6, 6.07) is 9.71. The van der Waals surface area contributed by atoms with Crippen LogP contribution in [-0.4, -0.2) is 19.9 Å². The van der Waals surface area contributed by atoms with Crippen LogP contribution in [0.4, 0.5) is 0 Å². The monoisotopic (exact) mass is 337 g/mol. The number of hydrogen-bond acceptors (Lipinski definition) is 4. The van der Waals surface area contributed by atoms with E-state index in [1.165, 1.54) is 6.07 Å². The average molecular weight is 337 g/mol. The smallest absolute Gasteiger partial charge is 0.261 e. The lowest BCUT2D eigenvalue weighted by Crippen LogP contribution is -2.40. The van der Waals surface area contributed by atoms with Crippen molar-refractivity contribution < 1.29 is 13.2 Å². The van der Waals surface area contributed by atoms with Crippen LogP contribution in [0.5, 0.6) is 0 Å². The van der Waals surface area contributed by atoms with E-state index < -0.39 is 9.84 Å². The molecule has 2 aromatic rings. The Morgan fingerprint density at radius 1 is 1.05 bits per heavy atom. The van der Waals surface area contributed by atoms with Crippen molar-refractivity contribution in [2.75, 3.05) is 0 Å². The molecular weight excluding hydrogens is 318 g/mol. The Hall–Kier alpha value is -1.66. The van der Waals surface area contributed by atoms with Gasteiger partial charge in [0.2, 0.25) is 9.84 Å². The maximum Gasteiger partial charge on any atom is 0.261 e. The first-order valence-electron chi connectivity index (χ1n) is 6.84. The van der Waals surface area contributed by atoms with Crippen LogP contribution in [0.1, 0.15) is 36.0 Å². The fraction of sp³-hybridized carbons (Fsp3) is 0.312. The largest absolute Gasteiger partial charge is 0.347 e. The predicted octanol–water partition coefficient (Wildman–Crippen LogP) is 3.42. The van der Waals surface area contributed by atoms with E-state index in [9.17, 15) is 13.2 Å². The number of benzene rings is 1. The minimum Gasteiger partial charge on any atom is -0.347 e. The molecule has 4 nitrogen and oxygen atoms in total. The molecule has 0 bridgehead atoms. The SMILES string of the molecule is Cc1ccc(S(=O)(=O)c2ccc(C(=O)NC(C)(C)C)s2)cc1. The van der Waals surface area contributed by atoms with E-state index in [2.05, 4.69) is 5.32 Å². The zero-order valence-electron chi connectivity index (χ0n) is 13.0. The van der Waals surface area contributed by atoms with E-state index in [1.807, 2.05) is 27.7 Å². The fourth-order valence-electron chi connectivity index (χ4n) is 1.82. The molecule has 1 heterocycles. The molecule has 0 atom stereocenters. The number of hydrogen-bond donors (Lipinski definition) is 1. The molecule has 6 heteroatoms. The Bertz CT molecular complexity index is 782. The Labute approximate surface area is 135 Å². The molecular formula is C16H19NO3S2. The molecule has 0 unspecified atom stereocenters. The number of carbonyl (C=O) groups is 1. The summed E-state index contributed by atoms with van der Waals surface area (Å²) in [4.78, 5) is 12.7. The van der Waals surface area contributed by atoms with Gasteiger partial charge in [0.25, 0.3) is 5.91 Å². The van der Waals surface area contributed by atoms with Crippen molar-refractivity contribution in [2.24, 2.45) is 0 Å². The highest BCUT2D eigenvalue weighted by Crippen LogP contribution is 2.28. The van der Waals surface area contributed by atoms with Crippen molar-refractivity contribution in [3.8, 4) is 0 Å². The van der Waals surface area contributed by atoms with Crippen molar-refractivity contribution in [2.45, 2.75) is 42.3 Å². The van der Waals surface area contributed by atoms with E-state index >= 15 is 0 Å². The molecule has 0 radical (unpaired) electrons. The summed E-state index contributed by atoms with van der Waals surface area (Å²) in [6.07, 6.45) is 0. The van der Waals surface area contributed by atoms with Gasteiger partial charge in [0, 0.05) is 5.54 Å². The van der Waals surface area contributed by atoms with Crippen LogP contribution in [0.15, 0.2) is 45.5 Å². The molecule has 0 aliphatic carbocycles. The van der Waals surface area contributed by atoms with E-state index in [1.54, 1.807) is 30.3 Å². The van der Waals surface area contributed by atoms with Gasteiger partial charge in [-0.3, -0.25) is 4.79 Å². The second kappa shape index (κ2) is 5.85. The van der Waals surface area contributed by atoms with Crippen LogP contribution in [0.25, 0.3) is 0 Å². The van der Waals surface area contributed by atoms with Gasteiger partial charge in [-0.2, -0.15) is 0 Å². The number of rotatable bonds is 3. The van der Waals surface area contributed by atoms with E-state index in [-0.39, 0.29) is 20.6 Å². The highest BCUT2D eigenvalue weighted by Gasteiger charge is 2.23. The van der Waals surface area contributed by atoms with Crippen molar-refractivity contribution in [1.29, 1.82) is 0 Å². The topological polar surface area (TPSA) is 63.2 Å². The average Bonchev–Trinajstić information content (AvgIpc) is 2.87. The van der Waals surface area contributed by atoms with E-state index in [0.29, 0.717) is 4.88 Å². The molecule has 1 amide bonds. The maximum atomic E-state index is 12.5. The van der Waals surface area contributed by atoms with Crippen molar-refractivity contribution in [1.82, 2.24) is 5.32 Å². The quantitative estimate of drug-likeness (QED) is 0.933. The normalized spacial score (nSPS) is 12.2. The molecule has 0 spiro atoms. The van der Waals surface area contributed by atoms with Crippen LogP contribution >= 0.6 is 11.3 Å². The molecule has 2 rings (SSSR count). The van der Waals surface area contributed by atoms with E-state index in [4.69, 9.17) is 0 Å². The molecule has 1 aromatic heterocycles. The van der Waals surface area contributed by atoms with Gasteiger partial charge in [-0.25, -0.2) is 8.42 Å². The third kappa shape index (κ3) is 3.75. The summed E-state index contributed by atoms with van der Waals surface area (Å²) < 4.78 is 25.3. The van der Waals surface area contributed by atoms with Crippen LogP contribution in [0.3, 0.4) is 0 Å². The van der Waals surface area contributed by atoms with Crippen LogP contribution < -0.4 is 5.32 Å². The second-order valence-corrected chi connectivity index (χ2v) is 9.40. The van der Waals surface area contributed by atoms with Gasteiger partial charge >= 0.3 is 0 Å². The molecule has 0 fully saturated rings. The summed E-state index contributed by atoms with van der Waals surface area (Å²) in [5.41, 5.74) is 0.632. The molecule has 0 aliphatic rings. The van der Waals surface area contributed by atoms with Crippen molar-refractivity contribution in [3.63, 3.8) is 0 Å². The van der Waals surface area contributed by atoms with Gasteiger partial charge < -0.3 is 5.32 Å². The first-order chi connectivity index (χ1) is 10.1. The minimum absolute atomic E-state index is 0.176. The number of thiophene rings is 1. The van der Waals surface area contributed by atoms with Crippen LogP contribution in [0, 0.1) is 6.92 Å². The molecule has 0 aliphatic heterocycles. The number of aryl methyl sites for hydroxylation is 1. The number of nitrogens with one attached hydrogen (secondary N) is 1. The highest BCUT2D eigenvalue weighted by molar-refractivity contribution is 7.93. The van der Waals surface area contributed by atoms with Crippen LogP contribution in [0.2, 0.25) is 0 Å². The van der Waals surface area contributed by atoms with Gasteiger partial charge in [-0.1, -0.05) is 17.7 Å². The summed E-state index contributed by atoms with van der Waals surface area (Å²) in [6.45, 7) is 7.53.